The standard InChI is InChI=1S/C15H17N5O/c1-11-13(8-17-18-11)9-20(2)10-14-7-15(19-21-14)12-3-5-16-6-4-12/h3-8H,9-10H2,1-2H3,(H,17,18). The zero-order valence-corrected chi connectivity index (χ0v) is 12.1. The van der Waals surface area contributed by atoms with E-state index in [2.05, 4.69) is 25.2 Å². The SMILES string of the molecule is Cc1[nH]ncc1CN(C)Cc1cc(-c2ccncc2)no1. The van der Waals surface area contributed by atoms with Crippen LogP contribution in [0, 0.1) is 6.92 Å². The van der Waals surface area contributed by atoms with Gasteiger partial charge in [-0.3, -0.25) is 15.0 Å². The summed E-state index contributed by atoms with van der Waals surface area (Å²) in [6, 6.07) is 5.80. The maximum absolute atomic E-state index is 5.40. The molecular formula is C15H17N5O. The molecule has 0 radical (unpaired) electrons. The molecule has 0 aromatic carbocycles. The fraction of sp³-hybridized carbons (Fsp3) is 0.267. The van der Waals surface area contributed by atoms with Gasteiger partial charge in [-0.05, 0) is 26.1 Å². The molecule has 1 N–H and O–H groups in total. The van der Waals surface area contributed by atoms with E-state index in [0.29, 0.717) is 6.54 Å². The average molecular weight is 283 g/mol. The van der Waals surface area contributed by atoms with Gasteiger partial charge in [0.2, 0.25) is 0 Å². The Morgan fingerprint density at radius 1 is 1.24 bits per heavy atom. The van der Waals surface area contributed by atoms with Crippen molar-refractivity contribution in [3.8, 4) is 11.3 Å². The van der Waals surface area contributed by atoms with Crippen LogP contribution in [0.1, 0.15) is 17.0 Å². The van der Waals surface area contributed by atoms with Gasteiger partial charge < -0.3 is 4.52 Å². The summed E-state index contributed by atoms with van der Waals surface area (Å²) in [6.45, 7) is 3.53. The molecular weight excluding hydrogens is 266 g/mol. The molecule has 0 aliphatic carbocycles. The molecule has 3 aromatic rings. The smallest absolute Gasteiger partial charge is 0.151 e. The molecule has 0 atom stereocenters. The van der Waals surface area contributed by atoms with E-state index in [-0.39, 0.29) is 0 Å². The molecule has 3 heterocycles. The van der Waals surface area contributed by atoms with E-state index in [1.54, 1.807) is 12.4 Å². The molecule has 6 heteroatoms. The highest BCUT2D eigenvalue weighted by Gasteiger charge is 2.10. The zero-order valence-electron chi connectivity index (χ0n) is 12.1. The van der Waals surface area contributed by atoms with Crippen molar-refractivity contribution in [2.45, 2.75) is 20.0 Å². The number of pyridine rings is 1. The Bertz CT molecular complexity index is 704. The summed E-state index contributed by atoms with van der Waals surface area (Å²) in [6.07, 6.45) is 5.35. The van der Waals surface area contributed by atoms with E-state index in [1.807, 2.05) is 38.4 Å². The Kier molecular flexibility index (Phi) is 3.79. The molecule has 21 heavy (non-hydrogen) atoms. The summed E-state index contributed by atoms with van der Waals surface area (Å²) in [5, 5.41) is 11.1. The number of hydrogen-bond donors (Lipinski definition) is 1. The van der Waals surface area contributed by atoms with Gasteiger partial charge in [0, 0.05) is 41.8 Å². The molecule has 3 rings (SSSR count). The maximum Gasteiger partial charge on any atom is 0.151 e. The van der Waals surface area contributed by atoms with Gasteiger partial charge in [-0.15, -0.1) is 0 Å². The topological polar surface area (TPSA) is 70.8 Å². The third-order valence-corrected chi connectivity index (χ3v) is 3.34. The summed E-state index contributed by atoms with van der Waals surface area (Å²) < 4.78 is 5.40. The minimum atomic E-state index is 0.697. The van der Waals surface area contributed by atoms with Gasteiger partial charge in [-0.1, -0.05) is 5.16 Å². The van der Waals surface area contributed by atoms with Crippen molar-refractivity contribution in [3.05, 3.63) is 53.8 Å². The lowest BCUT2D eigenvalue weighted by Crippen LogP contribution is -2.17. The molecule has 0 bridgehead atoms. The van der Waals surface area contributed by atoms with Crippen LogP contribution in [-0.4, -0.2) is 32.3 Å². The summed E-state index contributed by atoms with van der Waals surface area (Å²) in [5.41, 5.74) is 4.12. The summed E-state index contributed by atoms with van der Waals surface area (Å²) >= 11 is 0. The Hall–Kier alpha value is -2.47. The first-order chi connectivity index (χ1) is 10.2. The predicted molar refractivity (Wildman–Crippen MR) is 78.2 cm³/mol. The summed E-state index contributed by atoms with van der Waals surface area (Å²) in [7, 11) is 2.04. The number of nitrogens with zero attached hydrogens (tertiary/aromatic N) is 4. The van der Waals surface area contributed by atoms with Crippen molar-refractivity contribution in [1.82, 2.24) is 25.2 Å². The molecule has 0 unspecified atom stereocenters. The number of rotatable bonds is 5. The Morgan fingerprint density at radius 2 is 2.05 bits per heavy atom. The molecule has 0 amide bonds. The zero-order chi connectivity index (χ0) is 14.7. The fourth-order valence-corrected chi connectivity index (χ4v) is 2.19. The Labute approximate surface area is 122 Å². The van der Waals surface area contributed by atoms with Crippen LogP contribution in [0.3, 0.4) is 0 Å². The first kappa shape index (κ1) is 13.5. The van der Waals surface area contributed by atoms with Crippen molar-refractivity contribution in [2.75, 3.05) is 7.05 Å². The molecule has 0 spiro atoms. The van der Waals surface area contributed by atoms with Crippen LogP contribution in [-0.2, 0) is 13.1 Å². The van der Waals surface area contributed by atoms with Crippen LogP contribution in [0.4, 0.5) is 0 Å². The second-order valence-electron chi connectivity index (χ2n) is 5.11. The van der Waals surface area contributed by atoms with Crippen LogP contribution >= 0.6 is 0 Å². The van der Waals surface area contributed by atoms with Gasteiger partial charge in [0.25, 0.3) is 0 Å². The van der Waals surface area contributed by atoms with E-state index in [9.17, 15) is 0 Å². The highest BCUT2D eigenvalue weighted by Crippen LogP contribution is 2.19. The lowest BCUT2D eigenvalue weighted by atomic mass is 10.2. The van der Waals surface area contributed by atoms with Gasteiger partial charge in [-0.2, -0.15) is 5.10 Å². The number of hydrogen-bond acceptors (Lipinski definition) is 5. The molecule has 0 saturated heterocycles. The second kappa shape index (κ2) is 5.88. The minimum Gasteiger partial charge on any atom is -0.359 e. The van der Waals surface area contributed by atoms with Crippen LogP contribution in [0.15, 0.2) is 41.3 Å². The Balaban J connectivity index is 1.66. The van der Waals surface area contributed by atoms with E-state index in [4.69, 9.17) is 4.52 Å². The minimum absolute atomic E-state index is 0.697. The van der Waals surface area contributed by atoms with Crippen molar-refractivity contribution >= 4 is 0 Å². The molecule has 0 aliphatic rings. The number of H-pyrrole nitrogens is 1. The fourth-order valence-electron chi connectivity index (χ4n) is 2.19. The number of aryl methyl sites for hydroxylation is 1. The normalized spacial score (nSPS) is 11.2. The highest BCUT2D eigenvalue weighted by molar-refractivity contribution is 5.57. The van der Waals surface area contributed by atoms with Gasteiger partial charge in [0.1, 0.15) is 5.69 Å². The van der Waals surface area contributed by atoms with Crippen molar-refractivity contribution in [2.24, 2.45) is 0 Å². The van der Waals surface area contributed by atoms with Gasteiger partial charge in [-0.25, -0.2) is 0 Å². The molecule has 6 nitrogen and oxygen atoms in total. The molecule has 3 aromatic heterocycles. The first-order valence-electron chi connectivity index (χ1n) is 6.76. The van der Waals surface area contributed by atoms with Crippen LogP contribution in [0.5, 0.6) is 0 Å². The molecule has 0 aliphatic heterocycles. The van der Waals surface area contributed by atoms with Crippen LogP contribution in [0.2, 0.25) is 0 Å². The van der Waals surface area contributed by atoms with Crippen molar-refractivity contribution in [3.63, 3.8) is 0 Å². The van der Waals surface area contributed by atoms with E-state index in [1.165, 1.54) is 5.56 Å². The number of aromatic nitrogens is 4. The predicted octanol–water partition coefficient (Wildman–Crippen LogP) is 2.40. The third kappa shape index (κ3) is 3.17. The number of nitrogens with one attached hydrogen (secondary N) is 1. The lowest BCUT2D eigenvalue weighted by Gasteiger charge is -2.13. The quantitative estimate of drug-likeness (QED) is 0.778. The molecule has 108 valence electrons. The van der Waals surface area contributed by atoms with Crippen molar-refractivity contribution in [1.29, 1.82) is 0 Å². The van der Waals surface area contributed by atoms with Gasteiger partial charge in [0.05, 0.1) is 12.7 Å². The van der Waals surface area contributed by atoms with Gasteiger partial charge in [0.15, 0.2) is 5.76 Å². The lowest BCUT2D eigenvalue weighted by molar-refractivity contribution is 0.266. The second-order valence-corrected chi connectivity index (χ2v) is 5.11. The maximum atomic E-state index is 5.40. The third-order valence-electron chi connectivity index (χ3n) is 3.34. The highest BCUT2D eigenvalue weighted by atomic mass is 16.5. The monoisotopic (exact) mass is 283 g/mol. The van der Waals surface area contributed by atoms with E-state index in [0.717, 1.165) is 29.3 Å². The summed E-state index contributed by atoms with van der Waals surface area (Å²) in [5.74, 6) is 0.838. The van der Waals surface area contributed by atoms with Crippen LogP contribution < -0.4 is 0 Å². The van der Waals surface area contributed by atoms with E-state index >= 15 is 0 Å². The molecule has 0 saturated carbocycles. The number of aromatic amines is 1. The first-order valence-corrected chi connectivity index (χ1v) is 6.76. The van der Waals surface area contributed by atoms with E-state index < -0.39 is 0 Å². The Morgan fingerprint density at radius 3 is 2.76 bits per heavy atom. The van der Waals surface area contributed by atoms with Crippen LogP contribution in [0.25, 0.3) is 11.3 Å². The summed E-state index contributed by atoms with van der Waals surface area (Å²) in [4.78, 5) is 6.16. The molecule has 0 fully saturated rings. The average Bonchev–Trinajstić information content (AvgIpc) is 3.10. The van der Waals surface area contributed by atoms with Crippen molar-refractivity contribution < 1.29 is 4.52 Å². The largest absolute Gasteiger partial charge is 0.359 e. The van der Waals surface area contributed by atoms with Gasteiger partial charge >= 0.3 is 0 Å².